The van der Waals surface area contributed by atoms with Gasteiger partial charge in [0.2, 0.25) is 0 Å². The molecule has 4 aromatic rings. The second-order valence-corrected chi connectivity index (χ2v) is 8.67. The molecular formula is C31H24O. The van der Waals surface area contributed by atoms with E-state index in [1.54, 1.807) is 0 Å². The Labute approximate surface area is 189 Å². The zero-order chi connectivity index (χ0) is 21.5. The van der Waals surface area contributed by atoms with Gasteiger partial charge in [-0.3, -0.25) is 0 Å². The molecule has 154 valence electrons. The van der Waals surface area contributed by atoms with Crippen molar-refractivity contribution >= 4 is 23.3 Å². The van der Waals surface area contributed by atoms with Gasteiger partial charge >= 0.3 is 0 Å². The van der Waals surface area contributed by atoms with Crippen molar-refractivity contribution in [1.82, 2.24) is 0 Å². The topological polar surface area (TPSA) is 20.2 Å². The van der Waals surface area contributed by atoms with Crippen molar-refractivity contribution in [2.24, 2.45) is 0 Å². The van der Waals surface area contributed by atoms with Gasteiger partial charge in [-0.1, -0.05) is 97.1 Å². The van der Waals surface area contributed by atoms with E-state index in [0.717, 1.165) is 35.1 Å². The molecule has 0 atom stereocenters. The molecule has 1 N–H and O–H groups in total. The molecule has 6 rings (SSSR count). The molecule has 2 aliphatic rings. The van der Waals surface area contributed by atoms with Crippen molar-refractivity contribution in [2.75, 3.05) is 0 Å². The highest BCUT2D eigenvalue weighted by Gasteiger charge is 2.26. The summed E-state index contributed by atoms with van der Waals surface area (Å²) in [6.07, 6.45) is 5.39. The number of aliphatic hydroxyl groups is 1. The van der Waals surface area contributed by atoms with Crippen molar-refractivity contribution in [3.05, 3.63) is 142 Å². The molecule has 0 heterocycles. The molecule has 1 heteroatoms. The van der Waals surface area contributed by atoms with Crippen LogP contribution in [0.25, 0.3) is 23.3 Å². The highest BCUT2D eigenvalue weighted by Crippen LogP contribution is 2.39. The molecule has 4 aromatic carbocycles. The first kappa shape index (κ1) is 19.0. The fourth-order valence-electron chi connectivity index (χ4n) is 5.11. The van der Waals surface area contributed by atoms with Gasteiger partial charge in [0.05, 0.1) is 0 Å². The van der Waals surface area contributed by atoms with E-state index >= 15 is 0 Å². The molecule has 0 unspecified atom stereocenters. The molecule has 0 saturated heterocycles. The van der Waals surface area contributed by atoms with Crippen molar-refractivity contribution in [3.63, 3.8) is 0 Å². The van der Waals surface area contributed by atoms with Gasteiger partial charge in [-0.05, 0) is 80.6 Å². The Balaban J connectivity index is 1.57. The third-order valence-corrected chi connectivity index (χ3v) is 6.74. The van der Waals surface area contributed by atoms with Gasteiger partial charge in [-0.2, -0.15) is 0 Å². The largest absolute Gasteiger partial charge is 0.384 e. The zero-order valence-corrected chi connectivity index (χ0v) is 17.8. The Morgan fingerprint density at radius 2 is 0.844 bits per heavy atom. The van der Waals surface area contributed by atoms with Crippen molar-refractivity contribution < 1.29 is 5.11 Å². The van der Waals surface area contributed by atoms with Crippen LogP contribution in [-0.4, -0.2) is 11.2 Å². The second kappa shape index (κ2) is 7.78. The van der Waals surface area contributed by atoms with Crippen LogP contribution >= 0.6 is 0 Å². The van der Waals surface area contributed by atoms with E-state index in [1.807, 2.05) is 0 Å². The Hall–Kier alpha value is -3.68. The van der Waals surface area contributed by atoms with Gasteiger partial charge in [-0.15, -0.1) is 0 Å². The van der Waals surface area contributed by atoms with Crippen LogP contribution in [0.5, 0.6) is 0 Å². The number of fused-ring (bicyclic) bond motifs is 4. The van der Waals surface area contributed by atoms with Crippen LogP contribution in [0.3, 0.4) is 0 Å². The maximum absolute atomic E-state index is 12.0. The molecule has 0 saturated carbocycles. The minimum Gasteiger partial charge on any atom is -0.384 e. The normalized spacial score (nSPS) is 14.2. The highest BCUT2D eigenvalue weighted by molar-refractivity contribution is 5.99. The molecule has 2 aliphatic carbocycles. The molecule has 0 bridgehead atoms. The molecule has 0 aromatic heterocycles. The summed E-state index contributed by atoms with van der Waals surface area (Å²) < 4.78 is 0. The summed E-state index contributed by atoms with van der Waals surface area (Å²) in [4.78, 5) is 0. The summed E-state index contributed by atoms with van der Waals surface area (Å²) in [5.74, 6) is 0. The van der Waals surface area contributed by atoms with Crippen molar-refractivity contribution in [3.8, 4) is 0 Å². The molecular weight excluding hydrogens is 388 g/mol. The molecule has 0 spiro atoms. The van der Waals surface area contributed by atoms with Crippen molar-refractivity contribution in [2.45, 2.75) is 18.9 Å². The minimum absolute atomic E-state index is 0.727. The van der Waals surface area contributed by atoms with E-state index in [9.17, 15) is 5.11 Å². The summed E-state index contributed by atoms with van der Waals surface area (Å²) in [6, 6.07) is 34.0. The highest BCUT2D eigenvalue weighted by atomic mass is 16.3. The number of hydrogen-bond donors (Lipinski definition) is 1. The van der Waals surface area contributed by atoms with E-state index in [1.165, 1.54) is 33.4 Å². The van der Waals surface area contributed by atoms with E-state index < -0.39 is 6.10 Å². The molecule has 0 aliphatic heterocycles. The monoisotopic (exact) mass is 412 g/mol. The van der Waals surface area contributed by atoms with E-state index in [2.05, 4.69) is 109 Å². The van der Waals surface area contributed by atoms with Gasteiger partial charge in [0.1, 0.15) is 6.10 Å². The van der Waals surface area contributed by atoms with Crippen LogP contribution < -0.4 is 0 Å². The zero-order valence-electron chi connectivity index (χ0n) is 17.8. The first-order valence-electron chi connectivity index (χ1n) is 11.2. The maximum Gasteiger partial charge on any atom is 0.105 e. The van der Waals surface area contributed by atoms with E-state index in [4.69, 9.17) is 0 Å². The Bertz CT molecular complexity index is 1280. The molecule has 0 fully saturated rings. The fourth-order valence-corrected chi connectivity index (χ4v) is 5.11. The SMILES string of the molecule is OC(C1=Cc2ccccc2Cc2ccccc21)C1=Cc2ccccc2Cc2ccccc21. The lowest BCUT2D eigenvalue weighted by Gasteiger charge is -2.21. The van der Waals surface area contributed by atoms with Gasteiger partial charge < -0.3 is 5.11 Å². The van der Waals surface area contributed by atoms with Crippen LogP contribution in [0, 0.1) is 0 Å². The third-order valence-electron chi connectivity index (χ3n) is 6.74. The maximum atomic E-state index is 12.0. The fraction of sp³-hybridized carbons (Fsp3) is 0.0968. The number of hydrogen-bond acceptors (Lipinski definition) is 1. The summed E-state index contributed by atoms with van der Waals surface area (Å²) in [5, 5.41) is 12.0. The van der Waals surface area contributed by atoms with Crippen LogP contribution in [0.2, 0.25) is 0 Å². The summed E-state index contributed by atoms with van der Waals surface area (Å²) in [5.41, 5.74) is 11.7. The van der Waals surface area contributed by atoms with E-state index in [-0.39, 0.29) is 0 Å². The lowest BCUT2D eigenvalue weighted by atomic mass is 9.87. The van der Waals surface area contributed by atoms with Gasteiger partial charge in [0.15, 0.2) is 0 Å². The average Bonchev–Trinajstić information content (AvgIpc) is 3.11. The summed E-state index contributed by atoms with van der Waals surface area (Å²) in [6.45, 7) is 0. The molecule has 0 amide bonds. The lowest BCUT2D eigenvalue weighted by molar-refractivity contribution is 0.290. The molecule has 0 radical (unpaired) electrons. The van der Waals surface area contributed by atoms with Crippen molar-refractivity contribution in [1.29, 1.82) is 0 Å². The number of aliphatic hydroxyl groups excluding tert-OH is 1. The predicted molar refractivity (Wildman–Crippen MR) is 133 cm³/mol. The molecule has 1 nitrogen and oxygen atoms in total. The summed E-state index contributed by atoms with van der Waals surface area (Å²) in [7, 11) is 0. The van der Waals surface area contributed by atoms with E-state index in [0.29, 0.717) is 0 Å². The first-order valence-corrected chi connectivity index (χ1v) is 11.2. The lowest BCUT2D eigenvalue weighted by Crippen LogP contribution is -2.13. The predicted octanol–water partition coefficient (Wildman–Crippen LogP) is 6.64. The summed E-state index contributed by atoms with van der Waals surface area (Å²) >= 11 is 0. The third kappa shape index (κ3) is 3.23. The van der Waals surface area contributed by atoms with Crippen LogP contribution in [0.1, 0.15) is 44.5 Å². The molecule has 32 heavy (non-hydrogen) atoms. The van der Waals surface area contributed by atoms with Gasteiger partial charge in [-0.25, -0.2) is 0 Å². The van der Waals surface area contributed by atoms with Crippen LogP contribution in [0.4, 0.5) is 0 Å². The number of benzene rings is 4. The van der Waals surface area contributed by atoms with Crippen LogP contribution in [0.15, 0.2) is 97.1 Å². The standard InChI is InChI=1S/C31H24O/c32-31(29-19-23-11-3-1-9-21(23)17-25-13-5-7-15-27(25)29)30-20-24-12-4-2-10-22(24)18-26-14-6-8-16-28(26)30/h1-16,19-20,31-32H,17-18H2. The Kier molecular flexibility index (Phi) is 4.63. The van der Waals surface area contributed by atoms with Gasteiger partial charge in [0.25, 0.3) is 0 Å². The minimum atomic E-state index is -0.727. The Morgan fingerprint density at radius 3 is 1.31 bits per heavy atom. The first-order chi connectivity index (χ1) is 15.8. The van der Waals surface area contributed by atoms with Crippen LogP contribution in [-0.2, 0) is 12.8 Å². The average molecular weight is 413 g/mol. The number of rotatable bonds is 2. The Morgan fingerprint density at radius 1 is 0.469 bits per heavy atom. The second-order valence-electron chi connectivity index (χ2n) is 8.67. The van der Waals surface area contributed by atoms with Gasteiger partial charge in [0, 0.05) is 0 Å². The smallest absolute Gasteiger partial charge is 0.105 e. The quantitative estimate of drug-likeness (QED) is 0.391.